The van der Waals surface area contributed by atoms with E-state index in [0.717, 1.165) is 80.2 Å². The largest absolute Gasteiger partial charge is 0.460 e. The third-order valence-corrected chi connectivity index (χ3v) is 11.5. The first-order valence-electron chi connectivity index (χ1n) is 17.4. The molecular weight excluding hydrogens is 647 g/mol. The Morgan fingerprint density at radius 1 is 0.745 bits per heavy atom. The minimum absolute atomic E-state index is 0.0509. The highest BCUT2D eigenvalue weighted by molar-refractivity contribution is 7.25. The molecule has 0 saturated carbocycles. The van der Waals surface area contributed by atoms with Gasteiger partial charge in [-0.1, -0.05) is 66.8 Å². The Kier molecular flexibility index (Phi) is 6.27. The van der Waals surface area contributed by atoms with E-state index < -0.39 is 0 Å². The lowest BCUT2D eigenvalue weighted by Gasteiger charge is -2.17. The summed E-state index contributed by atoms with van der Waals surface area (Å²) in [6.07, 6.45) is 15.3. The fourth-order valence-corrected chi connectivity index (χ4v) is 8.92. The average molecular weight is 676 g/mol. The van der Waals surface area contributed by atoms with E-state index in [0.29, 0.717) is 12.2 Å². The first-order chi connectivity index (χ1) is 25.2. The summed E-state index contributed by atoms with van der Waals surface area (Å²) < 4.78 is 11.4. The molecule has 4 aromatic carbocycles. The lowest BCUT2D eigenvalue weighted by atomic mass is 9.93. The predicted octanol–water partition coefficient (Wildman–Crippen LogP) is 11.2. The number of aromatic nitrogens is 5. The van der Waals surface area contributed by atoms with Crippen molar-refractivity contribution < 1.29 is 4.42 Å². The Labute approximate surface area is 296 Å². The van der Waals surface area contributed by atoms with Gasteiger partial charge in [-0.15, -0.1) is 11.3 Å². The predicted molar refractivity (Wildman–Crippen MR) is 208 cm³/mol. The fourth-order valence-electron chi connectivity index (χ4n) is 7.83. The molecule has 0 bridgehead atoms. The van der Waals surface area contributed by atoms with Gasteiger partial charge in [-0.2, -0.15) is 0 Å². The molecule has 0 saturated heterocycles. The average Bonchev–Trinajstić information content (AvgIpc) is 3.86. The summed E-state index contributed by atoms with van der Waals surface area (Å²) in [6, 6.07) is 34.3. The van der Waals surface area contributed by atoms with Gasteiger partial charge in [0.1, 0.15) is 22.8 Å². The molecule has 11 rings (SSSR count). The molecule has 0 N–H and O–H groups in total. The molecule has 7 heteroatoms. The number of para-hydroxylation sites is 1. The molecule has 5 aromatic heterocycles. The lowest BCUT2D eigenvalue weighted by molar-refractivity contribution is 0.526. The van der Waals surface area contributed by atoms with Gasteiger partial charge in [0, 0.05) is 72.1 Å². The summed E-state index contributed by atoms with van der Waals surface area (Å²) in [5.41, 5.74) is 7.20. The number of thiophene rings is 1. The summed E-state index contributed by atoms with van der Waals surface area (Å²) in [7, 11) is 0. The first kappa shape index (κ1) is 28.6. The maximum atomic E-state index is 6.67. The zero-order chi connectivity index (χ0) is 33.5. The Balaban J connectivity index is 0.999. The minimum Gasteiger partial charge on any atom is -0.460 e. The van der Waals surface area contributed by atoms with Crippen LogP contribution in [-0.4, -0.2) is 24.5 Å². The van der Waals surface area contributed by atoms with E-state index in [-0.39, 0.29) is 5.92 Å². The SMILES string of the molecule is C1=CCCC(c2nc(-c3ccc4sc5ccccc5c4c3)nc(C3C=Cc4c(oc5cc(-n6c7ccccc7c7cccnc76)ccc45)C3)n2)=C1. The Morgan fingerprint density at radius 3 is 2.55 bits per heavy atom. The smallest absolute Gasteiger partial charge is 0.163 e. The summed E-state index contributed by atoms with van der Waals surface area (Å²) in [5, 5.41) is 5.92. The zero-order valence-corrected chi connectivity index (χ0v) is 28.3. The molecule has 242 valence electrons. The van der Waals surface area contributed by atoms with E-state index in [1.165, 1.54) is 25.6 Å². The standard InChI is InChI=1S/C44H29N5OS/c1-2-9-26(10-3-1)41-46-42(27-17-21-40-35(23-27)33-12-5-7-15-39(33)51-40)48-43(47-41)28-16-19-31-32-20-18-29(25-38(32)50-37(31)24-28)49-36-14-6-4-11-30(36)34-13-8-22-45-44(34)49/h1-2,4-9,11-23,25,28H,3,10,24H2. The summed E-state index contributed by atoms with van der Waals surface area (Å²) in [6.45, 7) is 0. The van der Waals surface area contributed by atoms with Gasteiger partial charge in [-0.05, 0) is 73.0 Å². The van der Waals surface area contributed by atoms with E-state index >= 15 is 0 Å². The second-order valence-electron chi connectivity index (χ2n) is 13.3. The summed E-state index contributed by atoms with van der Waals surface area (Å²) in [4.78, 5) is 20.1. The van der Waals surface area contributed by atoms with Crippen LogP contribution in [0.5, 0.6) is 0 Å². The van der Waals surface area contributed by atoms with Crippen LogP contribution in [0.25, 0.3) is 81.8 Å². The monoisotopic (exact) mass is 675 g/mol. The Morgan fingerprint density at radius 2 is 1.61 bits per heavy atom. The number of benzene rings is 4. The third-order valence-electron chi connectivity index (χ3n) is 10.3. The van der Waals surface area contributed by atoms with E-state index in [1.807, 2.05) is 23.6 Å². The van der Waals surface area contributed by atoms with Crippen LogP contribution in [0.3, 0.4) is 0 Å². The quantitative estimate of drug-likeness (QED) is 0.186. The van der Waals surface area contributed by atoms with Gasteiger partial charge in [-0.25, -0.2) is 19.9 Å². The molecule has 1 atom stereocenters. The van der Waals surface area contributed by atoms with Crippen molar-refractivity contribution in [1.29, 1.82) is 0 Å². The molecule has 2 aliphatic carbocycles. The number of fused-ring (bicyclic) bond motifs is 9. The third kappa shape index (κ3) is 4.55. The Bertz CT molecular complexity index is 2920. The topological polar surface area (TPSA) is 69.6 Å². The number of pyridine rings is 1. The molecule has 0 amide bonds. The molecule has 6 nitrogen and oxygen atoms in total. The second-order valence-corrected chi connectivity index (χ2v) is 14.4. The molecule has 51 heavy (non-hydrogen) atoms. The van der Waals surface area contributed by atoms with E-state index in [4.69, 9.17) is 24.4 Å². The Hall–Kier alpha value is -6.18. The van der Waals surface area contributed by atoms with Crippen molar-refractivity contribution in [1.82, 2.24) is 24.5 Å². The molecule has 2 aliphatic rings. The maximum absolute atomic E-state index is 6.67. The van der Waals surface area contributed by atoms with Crippen LogP contribution in [0.1, 0.15) is 41.7 Å². The lowest BCUT2D eigenvalue weighted by Crippen LogP contribution is -2.12. The van der Waals surface area contributed by atoms with Crippen molar-refractivity contribution in [3.05, 3.63) is 151 Å². The van der Waals surface area contributed by atoms with Crippen LogP contribution in [-0.2, 0) is 6.42 Å². The van der Waals surface area contributed by atoms with Gasteiger partial charge < -0.3 is 4.42 Å². The molecule has 9 aromatic rings. The molecule has 0 aliphatic heterocycles. The van der Waals surface area contributed by atoms with Crippen LogP contribution in [0.15, 0.2) is 132 Å². The number of nitrogens with zero attached hydrogens (tertiary/aromatic N) is 5. The molecular formula is C44H29N5OS. The van der Waals surface area contributed by atoms with Crippen molar-refractivity contribution in [3.8, 4) is 17.1 Å². The van der Waals surface area contributed by atoms with E-state index in [1.54, 1.807) is 0 Å². The molecule has 1 unspecified atom stereocenters. The normalized spacial score (nSPS) is 15.8. The molecule has 0 radical (unpaired) electrons. The van der Waals surface area contributed by atoms with Gasteiger partial charge in [0.05, 0.1) is 11.2 Å². The summed E-state index contributed by atoms with van der Waals surface area (Å²) >= 11 is 1.82. The number of furan rings is 1. The maximum Gasteiger partial charge on any atom is 0.163 e. The highest BCUT2D eigenvalue weighted by atomic mass is 32.1. The van der Waals surface area contributed by atoms with Crippen LogP contribution >= 0.6 is 11.3 Å². The number of allylic oxidation sites excluding steroid dienone is 5. The minimum atomic E-state index is -0.0509. The van der Waals surface area contributed by atoms with Crippen LogP contribution in [0.2, 0.25) is 0 Å². The highest BCUT2D eigenvalue weighted by Gasteiger charge is 2.26. The van der Waals surface area contributed by atoms with Gasteiger partial charge in [0.15, 0.2) is 11.6 Å². The van der Waals surface area contributed by atoms with E-state index in [2.05, 4.69) is 126 Å². The first-order valence-corrected chi connectivity index (χ1v) is 18.2. The van der Waals surface area contributed by atoms with E-state index in [9.17, 15) is 0 Å². The van der Waals surface area contributed by atoms with Gasteiger partial charge in [-0.3, -0.25) is 4.57 Å². The summed E-state index contributed by atoms with van der Waals surface area (Å²) in [5.74, 6) is 3.12. The number of hydrogen-bond acceptors (Lipinski definition) is 6. The number of hydrogen-bond donors (Lipinski definition) is 0. The molecule has 5 heterocycles. The van der Waals surface area contributed by atoms with Crippen LogP contribution in [0.4, 0.5) is 0 Å². The van der Waals surface area contributed by atoms with Crippen molar-refractivity contribution in [2.45, 2.75) is 25.2 Å². The van der Waals surface area contributed by atoms with Gasteiger partial charge >= 0.3 is 0 Å². The molecule has 0 fully saturated rings. The van der Waals surface area contributed by atoms with Crippen LogP contribution in [0, 0.1) is 0 Å². The zero-order valence-electron chi connectivity index (χ0n) is 27.5. The van der Waals surface area contributed by atoms with Crippen molar-refractivity contribution in [2.75, 3.05) is 0 Å². The molecule has 0 spiro atoms. The second kappa shape index (κ2) is 11.2. The fraction of sp³-hybridized carbons (Fsp3) is 0.0909. The number of rotatable bonds is 4. The van der Waals surface area contributed by atoms with Crippen molar-refractivity contribution in [2.24, 2.45) is 0 Å². The van der Waals surface area contributed by atoms with Crippen molar-refractivity contribution >= 4 is 76.1 Å². The van der Waals surface area contributed by atoms with Gasteiger partial charge in [0.2, 0.25) is 0 Å². The van der Waals surface area contributed by atoms with Gasteiger partial charge in [0.25, 0.3) is 0 Å². The van der Waals surface area contributed by atoms with Crippen LogP contribution < -0.4 is 0 Å². The van der Waals surface area contributed by atoms with Crippen molar-refractivity contribution in [3.63, 3.8) is 0 Å². The highest BCUT2D eigenvalue weighted by Crippen LogP contribution is 2.40.